The van der Waals surface area contributed by atoms with E-state index in [0.29, 0.717) is 4.75 Å². The van der Waals surface area contributed by atoms with Crippen molar-refractivity contribution in [3.05, 3.63) is 17.5 Å². The fourth-order valence-electron chi connectivity index (χ4n) is 2.72. The number of hydrogen-bond acceptors (Lipinski definition) is 3. The van der Waals surface area contributed by atoms with E-state index in [9.17, 15) is 0 Å². The predicted molar refractivity (Wildman–Crippen MR) is 74.4 cm³/mol. The number of nitrogens with zero attached hydrogens (tertiary/aromatic N) is 2. The molecule has 0 unspecified atom stereocenters. The summed E-state index contributed by atoms with van der Waals surface area (Å²) in [7, 11) is 1.98. The minimum absolute atomic E-state index is 0.496. The normalized spacial score (nSPS) is 18.8. The minimum Gasteiger partial charge on any atom is -0.311 e. The molecule has 0 amide bonds. The van der Waals surface area contributed by atoms with Gasteiger partial charge >= 0.3 is 0 Å². The van der Waals surface area contributed by atoms with E-state index in [4.69, 9.17) is 0 Å². The fourth-order valence-corrected chi connectivity index (χ4v) is 3.66. The van der Waals surface area contributed by atoms with Crippen LogP contribution in [0.4, 0.5) is 0 Å². The van der Waals surface area contributed by atoms with Gasteiger partial charge in [-0.3, -0.25) is 4.68 Å². The largest absolute Gasteiger partial charge is 0.311 e. The van der Waals surface area contributed by atoms with Crippen LogP contribution < -0.4 is 5.32 Å². The maximum Gasteiger partial charge on any atom is 0.0638 e. The van der Waals surface area contributed by atoms with Gasteiger partial charge in [-0.1, -0.05) is 12.8 Å². The number of nitrogens with one attached hydrogen (secondary N) is 1. The van der Waals surface area contributed by atoms with Crippen molar-refractivity contribution in [2.45, 2.75) is 43.9 Å². The van der Waals surface area contributed by atoms with Gasteiger partial charge in [-0.05, 0) is 26.0 Å². The van der Waals surface area contributed by atoms with Gasteiger partial charge in [0, 0.05) is 36.6 Å². The minimum atomic E-state index is 0.496. The molecule has 3 nitrogen and oxygen atoms in total. The summed E-state index contributed by atoms with van der Waals surface area (Å²) in [6.07, 6.45) is 9.90. The highest BCUT2D eigenvalue weighted by Crippen LogP contribution is 2.39. The highest BCUT2D eigenvalue weighted by molar-refractivity contribution is 8.00. The molecule has 0 aliphatic heterocycles. The van der Waals surface area contributed by atoms with Crippen LogP contribution in [0, 0.1) is 6.92 Å². The Kier molecular flexibility index (Phi) is 4.15. The fraction of sp³-hybridized carbons (Fsp3) is 0.769. The lowest BCUT2D eigenvalue weighted by Gasteiger charge is -2.27. The molecule has 1 aromatic heterocycles. The van der Waals surface area contributed by atoms with Gasteiger partial charge in [-0.25, -0.2) is 0 Å². The van der Waals surface area contributed by atoms with E-state index in [1.165, 1.54) is 31.2 Å². The van der Waals surface area contributed by atoms with Crippen molar-refractivity contribution in [1.29, 1.82) is 0 Å². The zero-order valence-corrected chi connectivity index (χ0v) is 11.9. The van der Waals surface area contributed by atoms with Crippen LogP contribution in [0.15, 0.2) is 6.20 Å². The molecule has 1 aliphatic carbocycles. The topological polar surface area (TPSA) is 29.9 Å². The van der Waals surface area contributed by atoms with Gasteiger partial charge in [0.1, 0.15) is 0 Å². The van der Waals surface area contributed by atoms with Gasteiger partial charge in [0.15, 0.2) is 0 Å². The monoisotopic (exact) mass is 253 g/mol. The van der Waals surface area contributed by atoms with E-state index in [-0.39, 0.29) is 0 Å². The maximum atomic E-state index is 4.37. The van der Waals surface area contributed by atoms with Gasteiger partial charge in [-0.15, -0.1) is 0 Å². The Labute approximate surface area is 108 Å². The van der Waals surface area contributed by atoms with E-state index in [1.807, 2.05) is 23.5 Å². The molecule has 0 atom stereocenters. The van der Waals surface area contributed by atoms with Gasteiger partial charge in [0.25, 0.3) is 0 Å². The van der Waals surface area contributed by atoms with E-state index in [1.54, 1.807) is 0 Å². The predicted octanol–water partition coefficient (Wildman–Crippen LogP) is 2.49. The third-order valence-corrected chi connectivity index (χ3v) is 5.24. The lowest BCUT2D eigenvalue weighted by Crippen LogP contribution is -2.34. The van der Waals surface area contributed by atoms with Crippen molar-refractivity contribution in [2.24, 2.45) is 7.05 Å². The smallest absolute Gasteiger partial charge is 0.0638 e. The Morgan fingerprint density at radius 3 is 2.71 bits per heavy atom. The maximum absolute atomic E-state index is 4.37. The van der Waals surface area contributed by atoms with Crippen molar-refractivity contribution in [2.75, 3.05) is 12.8 Å². The Balaban J connectivity index is 1.84. The Morgan fingerprint density at radius 1 is 1.47 bits per heavy atom. The van der Waals surface area contributed by atoms with Crippen molar-refractivity contribution in [3.8, 4) is 0 Å². The van der Waals surface area contributed by atoms with Gasteiger partial charge in [0.2, 0.25) is 0 Å². The highest BCUT2D eigenvalue weighted by Gasteiger charge is 2.32. The van der Waals surface area contributed by atoms with Crippen molar-refractivity contribution < 1.29 is 0 Å². The summed E-state index contributed by atoms with van der Waals surface area (Å²) >= 11 is 2.04. The molecule has 4 heteroatoms. The molecule has 2 rings (SSSR count). The second-order valence-electron chi connectivity index (χ2n) is 5.11. The third kappa shape index (κ3) is 3.05. The summed E-state index contributed by atoms with van der Waals surface area (Å²) in [5, 5.41) is 7.99. The Bertz CT molecular complexity index is 367. The van der Waals surface area contributed by atoms with E-state index >= 15 is 0 Å². The molecular weight excluding hydrogens is 230 g/mol. The second kappa shape index (κ2) is 5.44. The van der Waals surface area contributed by atoms with Crippen LogP contribution in [-0.4, -0.2) is 27.3 Å². The molecule has 0 bridgehead atoms. The van der Waals surface area contributed by atoms with Crippen LogP contribution in [0.3, 0.4) is 0 Å². The quantitative estimate of drug-likeness (QED) is 0.874. The molecule has 1 saturated carbocycles. The van der Waals surface area contributed by atoms with Crippen molar-refractivity contribution in [3.63, 3.8) is 0 Å². The molecule has 0 aromatic carbocycles. The van der Waals surface area contributed by atoms with Crippen LogP contribution in [0.2, 0.25) is 0 Å². The highest BCUT2D eigenvalue weighted by atomic mass is 32.2. The molecule has 96 valence electrons. The summed E-state index contributed by atoms with van der Waals surface area (Å²) in [5.74, 6) is 0. The molecular formula is C13H23N3S. The van der Waals surface area contributed by atoms with Crippen LogP contribution in [-0.2, 0) is 13.6 Å². The van der Waals surface area contributed by atoms with Crippen LogP contribution in [0.5, 0.6) is 0 Å². The summed E-state index contributed by atoms with van der Waals surface area (Å²) in [5.41, 5.74) is 2.46. The number of thioether (sulfide) groups is 1. The first-order chi connectivity index (χ1) is 8.15. The second-order valence-corrected chi connectivity index (χ2v) is 6.39. The van der Waals surface area contributed by atoms with Gasteiger partial charge in [0.05, 0.1) is 5.69 Å². The standard InChI is InChI=1S/C13H23N3S/c1-11-12(9-16(2)15-11)8-14-10-13(17-3)6-4-5-7-13/h9,14H,4-8,10H2,1-3H3. The molecule has 0 saturated heterocycles. The molecule has 1 N–H and O–H groups in total. The molecule has 17 heavy (non-hydrogen) atoms. The first kappa shape index (κ1) is 13.0. The van der Waals surface area contributed by atoms with Crippen molar-refractivity contribution in [1.82, 2.24) is 15.1 Å². The van der Waals surface area contributed by atoms with Crippen LogP contribution >= 0.6 is 11.8 Å². The average Bonchev–Trinajstić information content (AvgIpc) is 2.88. The molecule has 0 radical (unpaired) electrons. The van der Waals surface area contributed by atoms with Crippen molar-refractivity contribution >= 4 is 11.8 Å². The van der Waals surface area contributed by atoms with Crippen LogP contribution in [0.1, 0.15) is 36.9 Å². The van der Waals surface area contributed by atoms with E-state index in [2.05, 4.69) is 29.8 Å². The van der Waals surface area contributed by atoms with Gasteiger partial charge < -0.3 is 5.32 Å². The Morgan fingerprint density at radius 2 is 2.18 bits per heavy atom. The zero-order chi connectivity index (χ0) is 12.3. The molecule has 0 spiro atoms. The number of rotatable bonds is 5. The SMILES string of the molecule is CSC1(CNCc2cn(C)nc2C)CCCC1. The summed E-state index contributed by atoms with van der Waals surface area (Å²) in [4.78, 5) is 0. The van der Waals surface area contributed by atoms with E-state index < -0.39 is 0 Å². The molecule has 1 fully saturated rings. The Hall–Kier alpha value is -0.480. The first-order valence-corrected chi connectivity index (χ1v) is 7.63. The lowest BCUT2D eigenvalue weighted by atomic mass is 10.1. The lowest BCUT2D eigenvalue weighted by molar-refractivity contribution is 0.533. The number of aromatic nitrogens is 2. The zero-order valence-electron chi connectivity index (χ0n) is 11.1. The summed E-state index contributed by atoms with van der Waals surface area (Å²) in [6.45, 7) is 4.15. The number of hydrogen-bond donors (Lipinski definition) is 1. The number of aryl methyl sites for hydroxylation is 2. The molecule has 1 aliphatic rings. The van der Waals surface area contributed by atoms with Crippen LogP contribution in [0.25, 0.3) is 0 Å². The average molecular weight is 253 g/mol. The first-order valence-electron chi connectivity index (χ1n) is 6.40. The molecule has 1 aromatic rings. The van der Waals surface area contributed by atoms with E-state index in [0.717, 1.165) is 18.8 Å². The summed E-state index contributed by atoms with van der Waals surface area (Å²) in [6, 6.07) is 0. The molecule has 1 heterocycles. The third-order valence-electron chi connectivity index (χ3n) is 3.83. The van der Waals surface area contributed by atoms with Gasteiger partial charge in [-0.2, -0.15) is 16.9 Å². The summed E-state index contributed by atoms with van der Waals surface area (Å²) < 4.78 is 2.39.